The summed E-state index contributed by atoms with van der Waals surface area (Å²) in [5.74, 6) is -4.96. The molecule has 1 aromatic rings. The van der Waals surface area contributed by atoms with Crippen molar-refractivity contribution in [2.45, 2.75) is 69.6 Å². The summed E-state index contributed by atoms with van der Waals surface area (Å²) in [5, 5.41) is 0. The predicted molar refractivity (Wildman–Crippen MR) is 82.8 cm³/mol. The quantitative estimate of drug-likeness (QED) is 0.449. The molecule has 5 atom stereocenters. The maximum atomic E-state index is 15.3. The molecule has 2 aliphatic rings. The zero-order chi connectivity index (χ0) is 17.5. The van der Waals surface area contributed by atoms with Gasteiger partial charge in [-0.1, -0.05) is 19.8 Å². The second-order valence-corrected chi connectivity index (χ2v) is 7.52. The van der Waals surface area contributed by atoms with Gasteiger partial charge in [0, 0.05) is 5.92 Å². The van der Waals surface area contributed by atoms with Crippen LogP contribution in [-0.4, -0.2) is 11.8 Å². The van der Waals surface area contributed by atoms with Crippen LogP contribution in [0.15, 0.2) is 12.1 Å². The smallest absolute Gasteiger partial charge is 0.194 e. The summed E-state index contributed by atoms with van der Waals surface area (Å²) in [5.41, 5.74) is -1.30. The molecule has 134 valence electrons. The molecule has 2 fully saturated rings. The van der Waals surface area contributed by atoms with Gasteiger partial charge in [-0.05, 0) is 61.6 Å². The van der Waals surface area contributed by atoms with Gasteiger partial charge in [-0.3, -0.25) is 0 Å². The van der Waals surface area contributed by atoms with E-state index in [1.807, 2.05) is 6.92 Å². The number of benzene rings is 1. The molecule has 5 unspecified atom stereocenters. The molecule has 0 nitrogen and oxygen atoms in total. The monoisotopic (exact) mass is 346 g/mol. The zero-order valence-corrected chi connectivity index (χ0v) is 13.8. The summed E-state index contributed by atoms with van der Waals surface area (Å²) in [4.78, 5) is 0. The molecular formula is C19H23F5. The van der Waals surface area contributed by atoms with E-state index in [0.29, 0.717) is 19.3 Å². The first-order valence-corrected chi connectivity index (χ1v) is 8.81. The SMILES string of the molecule is CCCC1CC2C(F)CC(c3cc(F)c(F)c(F)c3)CCC2(F)C1. The number of rotatable bonds is 3. The lowest BCUT2D eigenvalue weighted by molar-refractivity contribution is 0.0550. The Morgan fingerprint density at radius 2 is 1.79 bits per heavy atom. The summed E-state index contributed by atoms with van der Waals surface area (Å²) < 4.78 is 70.1. The topological polar surface area (TPSA) is 0 Å². The van der Waals surface area contributed by atoms with Crippen LogP contribution in [0.2, 0.25) is 0 Å². The lowest BCUT2D eigenvalue weighted by atomic mass is 9.87. The van der Waals surface area contributed by atoms with Crippen LogP contribution in [0.4, 0.5) is 22.0 Å². The fraction of sp³-hybridized carbons (Fsp3) is 0.684. The molecule has 0 saturated heterocycles. The molecule has 0 aromatic heterocycles. The standard InChI is InChI=1S/C19H23F5/c1-2-3-11-6-14-15(20)7-12(4-5-19(14,24)10-11)13-8-16(21)18(23)17(22)9-13/h8-9,11-12,14-15H,2-7,10H2,1H3. The van der Waals surface area contributed by atoms with E-state index in [0.717, 1.165) is 25.0 Å². The first-order chi connectivity index (χ1) is 11.3. The average molecular weight is 346 g/mol. The molecule has 5 heteroatoms. The third-order valence-electron chi connectivity index (χ3n) is 5.91. The van der Waals surface area contributed by atoms with Crippen molar-refractivity contribution in [3.05, 3.63) is 35.1 Å². The normalized spacial score (nSPS) is 36.4. The lowest BCUT2D eigenvalue weighted by Gasteiger charge is -2.26. The summed E-state index contributed by atoms with van der Waals surface area (Å²) in [6.45, 7) is 2.04. The van der Waals surface area contributed by atoms with E-state index < -0.39 is 41.1 Å². The Morgan fingerprint density at radius 1 is 1.12 bits per heavy atom. The van der Waals surface area contributed by atoms with Gasteiger partial charge in [0.05, 0.1) is 0 Å². The Kier molecular flexibility index (Phi) is 4.89. The molecule has 0 N–H and O–H groups in total. The summed E-state index contributed by atoms with van der Waals surface area (Å²) >= 11 is 0. The summed E-state index contributed by atoms with van der Waals surface area (Å²) in [6.07, 6.45) is 2.03. The second kappa shape index (κ2) is 6.64. The molecule has 24 heavy (non-hydrogen) atoms. The van der Waals surface area contributed by atoms with Crippen LogP contribution >= 0.6 is 0 Å². The second-order valence-electron chi connectivity index (χ2n) is 7.52. The Bertz CT molecular complexity index is 578. The van der Waals surface area contributed by atoms with E-state index >= 15 is 4.39 Å². The van der Waals surface area contributed by atoms with Crippen LogP contribution in [0.5, 0.6) is 0 Å². The van der Waals surface area contributed by atoms with Crippen molar-refractivity contribution in [3.8, 4) is 0 Å². The Morgan fingerprint density at radius 3 is 2.42 bits per heavy atom. The minimum Gasteiger partial charge on any atom is -0.247 e. The summed E-state index contributed by atoms with van der Waals surface area (Å²) in [7, 11) is 0. The Labute approximate surface area is 139 Å². The summed E-state index contributed by atoms with van der Waals surface area (Å²) in [6, 6.07) is 1.84. The van der Waals surface area contributed by atoms with Gasteiger partial charge in [0.1, 0.15) is 11.8 Å². The van der Waals surface area contributed by atoms with Gasteiger partial charge >= 0.3 is 0 Å². The van der Waals surface area contributed by atoms with Gasteiger partial charge in [-0.15, -0.1) is 0 Å². The Hall–Kier alpha value is -1.13. The molecule has 0 radical (unpaired) electrons. The van der Waals surface area contributed by atoms with Crippen molar-refractivity contribution in [1.82, 2.24) is 0 Å². The van der Waals surface area contributed by atoms with Crippen LogP contribution in [0.1, 0.15) is 63.4 Å². The third-order valence-corrected chi connectivity index (χ3v) is 5.91. The lowest BCUT2D eigenvalue weighted by Crippen LogP contribution is -2.32. The van der Waals surface area contributed by atoms with Crippen molar-refractivity contribution in [3.63, 3.8) is 0 Å². The molecule has 0 spiro atoms. The maximum absolute atomic E-state index is 15.3. The van der Waals surface area contributed by atoms with Crippen LogP contribution in [0, 0.1) is 29.3 Å². The number of halogens is 5. The average Bonchev–Trinajstić information content (AvgIpc) is 2.80. The molecule has 2 saturated carbocycles. The predicted octanol–water partition coefficient (Wildman–Crippen LogP) is 6.24. The van der Waals surface area contributed by atoms with Gasteiger partial charge in [0.2, 0.25) is 0 Å². The van der Waals surface area contributed by atoms with Crippen molar-refractivity contribution >= 4 is 0 Å². The largest absolute Gasteiger partial charge is 0.247 e. The van der Waals surface area contributed by atoms with Crippen LogP contribution in [0.25, 0.3) is 0 Å². The minimum absolute atomic E-state index is 0.0414. The van der Waals surface area contributed by atoms with Gasteiger partial charge in [0.15, 0.2) is 17.5 Å². The van der Waals surface area contributed by atoms with Crippen molar-refractivity contribution in [2.24, 2.45) is 11.8 Å². The zero-order valence-electron chi connectivity index (χ0n) is 13.8. The molecule has 0 bridgehead atoms. The van der Waals surface area contributed by atoms with Crippen molar-refractivity contribution < 1.29 is 22.0 Å². The fourth-order valence-electron chi connectivity index (χ4n) is 4.75. The van der Waals surface area contributed by atoms with Crippen LogP contribution < -0.4 is 0 Å². The van der Waals surface area contributed by atoms with E-state index in [1.54, 1.807) is 0 Å². The molecule has 0 amide bonds. The Balaban J connectivity index is 1.80. The molecule has 0 aliphatic heterocycles. The van der Waals surface area contributed by atoms with Crippen molar-refractivity contribution in [1.29, 1.82) is 0 Å². The van der Waals surface area contributed by atoms with Gasteiger partial charge < -0.3 is 0 Å². The molecule has 1 aromatic carbocycles. The minimum atomic E-state index is -1.52. The highest BCUT2D eigenvalue weighted by molar-refractivity contribution is 5.24. The first kappa shape index (κ1) is 17.7. The third kappa shape index (κ3) is 3.18. The van der Waals surface area contributed by atoms with E-state index in [1.165, 1.54) is 0 Å². The number of hydrogen-bond donors (Lipinski definition) is 0. The van der Waals surface area contributed by atoms with E-state index in [9.17, 15) is 17.6 Å². The van der Waals surface area contributed by atoms with Gasteiger partial charge in [-0.25, -0.2) is 22.0 Å². The number of hydrogen-bond acceptors (Lipinski definition) is 0. The molecule has 3 rings (SSSR count). The highest BCUT2D eigenvalue weighted by Crippen LogP contribution is 2.54. The van der Waals surface area contributed by atoms with Gasteiger partial charge in [-0.2, -0.15) is 0 Å². The van der Waals surface area contributed by atoms with E-state index in [4.69, 9.17) is 0 Å². The number of fused-ring (bicyclic) bond motifs is 1. The molecule has 2 aliphatic carbocycles. The van der Waals surface area contributed by atoms with E-state index in [-0.39, 0.29) is 24.3 Å². The first-order valence-electron chi connectivity index (χ1n) is 8.81. The van der Waals surface area contributed by atoms with Crippen molar-refractivity contribution in [2.75, 3.05) is 0 Å². The molecule has 0 heterocycles. The number of alkyl halides is 2. The fourth-order valence-corrected chi connectivity index (χ4v) is 4.75. The highest BCUT2D eigenvalue weighted by atomic mass is 19.2. The van der Waals surface area contributed by atoms with E-state index in [2.05, 4.69) is 0 Å². The van der Waals surface area contributed by atoms with Crippen LogP contribution in [-0.2, 0) is 0 Å². The maximum Gasteiger partial charge on any atom is 0.194 e. The van der Waals surface area contributed by atoms with Crippen LogP contribution in [0.3, 0.4) is 0 Å². The molecular weight excluding hydrogens is 323 g/mol. The van der Waals surface area contributed by atoms with Gasteiger partial charge in [0.25, 0.3) is 0 Å². The highest BCUT2D eigenvalue weighted by Gasteiger charge is 2.53.